The smallest absolute Gasteiger partial charge is 0.308 e. The van der Waals surface area contributed by atoms with Gasteiger partial charge in [0, 0.05) is 25.3 Å². The largest absolute Gasteiger partial charge is 0.481 e. The van der Waals surface area contributed by atoms with Crippen LogP contribution in [0.5, 0.6) is 0 Å². The van der Waals surface area contributed by atoms with Crippen molar-refractivity contribution in [1.82, 2.24) is 5.32 Å². The quantitative estimate of drug-likeness (QED) is 0.191. The molecule has 1 amide bonds. The SMILES string of the molecule is CC(C[C@@H](Cc1ccc(-c2ccccc2)cc1)NC(=O)CCC(=O)O)C(=O)OCCOC1CC(O)CC(CO)O1. The Morgan fingerprint density at radius 2 is 1.70 bits per heavy atom. The fraction of sp³-hybridized carbons (Fsp3) is 0.500. The molecule has 0 saturated carbocycles. The zero-order valence-electron chi connectivity index (χ0n) is 22.7. The summed E-state index contributed by atoms with van der Waals surface area (Å²) < 4.78 is 16.4. The number of carbonyl (C=O) groups excluding carboxylic acids is 2. The van der Waals surface area contributed by atoms with Crippen molar-refractivity contribution >= 4 is 17.8 Å². The second-order valence-electron chi connectivity index (χ2n) is 10.1. The zero-order chi connectivity index (χ0) is 28.9. The lowest BCUT2D eigenvalue weighted by molar-refractivity contribution is -0.225. The van der Waals surface area contributed by atoms with E-state index in [1.54, 1.807) is 6.92 Å². The Morgan fingerprint density at radius 3 is 2.38 bits per heavy atom. The summed E-state index contributed by atoms with van der Waals surface area (Å²) in [5, 5.41) is 30.9. The Balaban J connectivity index is 1.52. The molecule has 4 unspecified atom stereocenters. The summed E-state index contributed by atoms with van der Waals surface area (Å²) in [6.07, 6.45) is -0.853. The molecule has 4 N–H and O–H groups in total. The van der Waals surface area contributed by atoms with E-state index >= 15 is 0 Å². The monoisotopic (exact) mass is 557 g/mol. The molecule has 218 valence electrons. The number of benzene rings is 2. The fourth-order valence-electron chi connectivity index (χ4n) is 4.62. The van der Waals surface area contributed by atoms with Gasteiger partial charge in [-0.25, -0.2) is 0 Å². The molecule has 2 aromatic carbocycles. The Kier molecular flexibility index (Phi) is 12.5. The standard InChI is InChI=1S/C30H39NO9/c1-20(30(37)39-14-13-38-29-18-25(33)17-26(19-32)40-29)15-24(31-27(34)11-12-28(35)36)16-21-7-9-23(10-8-21)22-5-3-2-4-6-22/h2-10,20,24-26,29,32-33H,11-19H2,1H3,(H,31,34)(H,35,36)/t20?,24-,25?,26?,29?/m0/s1. The second kappa shape index (κ2) is 16.1. The number of hydrogen-bond donors (Lipinski definition) is 4. The van der Waals surface area contributed by atoms with Crippen molar-refractivity contribution in [2.45, 2.75) is 70.0 Å². The van der Waals surface area contributed by atoms with Crippen molar-refractivity contribution < 1.29 is 43.9 Å². The molecule has 0 radical (unpaired) electrons. The van der Waals surface area contributed by atoms with E-state index in [1.807, 2.05) is 54.6 Å². The Labute approximate surface area is 234 Å². The Morgan fingerprint density at radius 1 is 1.00 bits per heavy atom. The molecule has 40 heavy (non-hydrogen) atoms. The molecule has 1 heterocycles. The van der Waals surface area contributed by atoms with E-state index in [9.17, 15) is 24.6 Å². The summed E-state index contributed by atoms with van der Waals surface area (Å²) in [6.45, 7) is 1.55. The Bertz CT molecular complexity index is 1080. The van der Waals surface area contributed by atoms with Gasteiger partial charge in [0.15, 0.2) is 6.29 Å². The van der Waals surface area contributed by atoms with E-state index in [0.29, 0.717) is 19.3 Å². The first-order chi connectivity index (χ1) is 19.2. The minimum absolute atomic E-state index is 0.0144. The molecule has 10 nitrogen and oxygen atoms in total. The number of carbonyl (C=O) groups is 3. The van der Waals surface area contributed by atoms with Crippen LogP contribution in [0.2, 0.25) is 0 Å². The van der Waals surface area contributed by atoms with Gasteiger partial charge in [0.1, 0.15) is 6.61 Å². The number of carboxylic acid groups (broad SMARTS) is 1. The maximum Gasteiger partial charge on any atom is 0.308 e. The predicted molar refractivity (Wildman–Crippen MR) is 146 cm³/mol. The number of hydrogen-bond acceptors (Lipinski definition) is 8. The second-order valence-corrected chi connectivity index (χ2v) is 10.1. The summed E-state index contributed by atoms with van der Waals surface area (Å²) in [5.74, 6) is -2.44. The van der Waals surface area contributed by atoms with Crippen LogP contribution < -0.4 is 5.32 Å². The number of aliphatic carboxylic acids is 1. The summed E-state index contributed by atoms with van der Waals surface area (Å²) in [5.41, 5.74) is 3.12. The van der Waals surface area contributed by atoms with Crippen LogP contribution in [0, 0.1) is 5.92 Å². The minimum atomic E-state index is -1.05. The topological polar surface area (TPSA) is 152 Å². The highest BCUT2D eigenvalue weighted by atomic mass is 16.7. The van der Waals surface area contributed by atoms with Crippen molar-refractivity contribution in [1.29, 1.82) is 0 Å². The van der Waals surface area contributed by atoms with Crippen molar-refractivity contribution in [3.63, 3.8) is 0 Å². The van der Waals surface area contributed by atoms with Gasteiger partial charge in [-0.15, -0.1) is 0 Å². The van der Waals surface area contributed by atoms with E-state index in [1.165, 1.54) is 0 Å². The molecular formula is C30H39NO9. The van der Waals surface area contributed by atoms with Crippen molar-refractivity contribution in [3.05, 3.63) is 60.2 Å². The number of aliphatic hydroxyl groups excluding tert-OH is 2. The van der Waals surface area contributed by atoms with Crippen molar-refractivity contribution in [2.24, 2.45) is 5.92 Å². The predicted octanol–water partition coefficient (Wildman–Crippen LogP) is 2.69. The number of nitrogens with one attached hydrogen (secondary N) is 1. The van der Waals surface area contributed by atoms with Gasteiger partial charge in [-0.05, 0) is 29.5 Å². The molecule has 0 aliphatic carbocycles. The van der Waals surface area contributed by atoms with Crippen LogP contribution in [0.1, 0.15) is 44.6 Å². The van der Waals surface area contributed by atoms with Gasteiger partial charge in [0.2, 0.25) is 5.91 Å². The lowest BCUT2D eigenvalue weighted by Crippen LogP contribution is -2.39. The molecule has 3 rings (SSSR count). The highest BCUT2D eigenvalue weighted by molar-refractivity contribution is 5.81. The van der Waals surface area contributed by atoms with E-state index in [4.69, 9.17) is 19.3 Å². The van der Waals surface area contributed by atoms with E-state index < -0.39 is 48.3 Å². The average molecular weight is 558 g/mol. The summed E-state index contributed by atoms with van der Waals surface area (Å²) in [7, 11) is 0. The fourth-order valence-corrected chi connectivity index (χ4v) is 4.62. The third kappa shape index (κ3) is 10.7. The molecule has 1 aliphatic rings. The highest BCUT2D eigenvalue weighted by Gasteiger charge is 2.28. The maximum atomic E-state index is 12.7. The molecule has 5 atom stereocenters. The number of carboxylic acids is 1. The van der Waals surface area contributed by atoms with Gasteiger partial charge in [-0.1, -0.05) is 61.5 Å². The van der Waals surface area contributed by atoms with Crippen LogP contribution in [0.25, 0.3) is 11.1 Å². The molecule has 2 aromatic rings. The molecule has 1 saturated heterocycles. The first-order valence-electron chi connectivity index (χ1n) is 13.6. The molecule has 0 spiro atoms. The number of amides is 1. The normalized spacial score (nSPS) is 20.3. The molecule has 0 aromatic heterocycles. The summed E-state index contributed by atoms with van der Waals surface area (Å²) in [4.78, 5) is 36.0. The van der Waals surface area contributed by atoms with Crippen LogP contribution in [0.3, 0.4) is 0 Å². The molecule has 1 fully saturated rings. The lowest BCUT2D eigenvalue weighted by atomic mass is 9.94. The van der Waals surface area contributed by atoms with Crippen LogP contribution in [0.4, 0.5) is 0 Å². The first-order valence-corrected chi connectivity index (χ1v) is 13.6. The number of aliphatic hydroxyl groups is 2. The van der Waals surface area contributed by atoms with Crippen LogP contribution in [-0.4, -0.2) is 77.5 Å². The third-order valence-electron chi connectivity index (χ3n) is 6.69. The van der Waals surface area contributed by atoms with Gasteiger partial charge in [-0.2, -0.15) is 0 Å². The molecular weight excluding hydrogens is 518 g/mol. The van der Waals surface area contributed by atoms with Crippen molar-refractivity contribution in [2.75, 3.05) is 19.8 Å². The van der Waals surface area contributed by atoms with Crippen LogP contribution in [-0.2, 0) is 35.0 Å². The minimum Gasteiger partial charge on any atom is -0.481 e. The zero-order valence-corrected chi connectivity index (χ0v) is 22.7. The summed E-state index contributed by atoms with van der Waals surface area (Å²) >= 11 is 0. The van der Waals surface area contributed by atoms with E-state index in [2.05, 4.69) is 5.32 Å². The van der Waals surface area contributed by atoms with E-state index in [-0.39, 0.29) is 39.1 Å². The molecule has 10 heteroatoms. The van der Waals surface area contributed by atoms with Gasteiger partial charge in [0.25, 0.3) is 0 Å². The average Bonchev–Trinajstić information content (AvgIpc) is 2.94. The Hall–Kier alpha value is -3.31. The highest BCUT2D eigenvalue weighted by Crippen LogP contribution is 2.22. The van der Waals surface area contributed by atoms with Gasteiger partial charge in [-0.3, -0.25) is 14.4 Å². The lowest BCUT2D eigenvalue weighted by Gasteiger charge is -2.31. The summed E-state index contributed by atoms with van der Waals surface area (Å²) in [6, 6.07) is 17.5. The molecule has 1 aliphatic heterocycles. The van der Waals surface area contributed by atoms with Gasteiger partial charge >= 0.3 is 11.9 Å². The first kappa shape index (κ1) is 31.2. The number of ether oxygens (including phenoxy) is 3. The third-order valence-corrected chi connectivity index (χ3v) is 6.69. The number of esters is 1. The van der Waals surface area contributed by atoms with Crippen LogP contribution >= 0.6 is 0 Å². The maximum absolute atomic E-state index is 12.7. The molecule has 0 bridgehead atoms. The van der Waals surface area contributed by atoms with Crippen LogP contribution in [0.15, 0.2) is 54.6 Å². The van der Waals surface area contributed by atoms with Gasteiger partial charge < -0.3 is 34.8 Å². The number of rotatable bonds is 15. The van der Waals surface area contributed by atoms with Gasteiger partial charge in [0.05, 0.1) is 37.8 Å². The van der Waals surface area contributed by atoms with Crippen molar-refractivity contribution in [3.8, 4) is 11.1 Å². The van der Waals surface area contributed by atoms with E-state index in [0.717, 1.165) is 16.7 Å².